The van der Waals surface area contributed by atoms with Crippen LogP contribution in [0.3, 0.4) is 0 Å². The summed E-state index contributed by atoms with van der Waals surface area (Å²) < 4.78 is 5.33. The number of nitrogens with zero attached hydrogens (tertiary/aromatic N) is 1. The molecule has 1 fully saturated rings. The van der Waals surface area contributed by atoms with Crippen LogP contribution < -0.4 is 10.1 Å². The lowest BCUT2D eigenvalue weighted by Gasteiger charge is -2.37. The maximum absolute atomic E-state index is 5.33. The van der Waals surface area contributed by atoms with E-state index in [-0.39, 0.29) is 5.54 Å². The summed E-state index contributed by atoms with van der Waals surface area (Å²) in [6.07, 6.45) is 3.97. The highest BCUT2D eigenvalue weighted by atomic mass is 16.5. The molecule has 1 atom stereocenters. The number of rotatable bonds is 5. The van der Waals surface area contributed by atoms with E-state index >= 15 is 0 Å². The lowest BCUT2D eigenvalue weighted by atomic mass is 9.99. The fourth-order valence-electron chi connectivity index (χ4n) is 2.93. The Morgan fingerprint density at radius 1 is 1.29 bits per heavy atom. The molecule has 1 aromatic carbocycles. The zero-order valence-electron chi connectivity index (χ0n) is 14.0. The Hall–Kier alpha value is -1.06. The van der Waals surface area contributed by atoms with Gasteiger partial charge >= 0.3 is 0 Å². The molecule has 1 aliphatic heterocycles. The van der Waals surface area contributed by atoms with E-state index < -0.39 is 0 Å². The van der Waals surface area contributed by atoms with Gasteiger partial charge < -0.3 is 10.1 Å². The highest BCUT2D eigenvalue weighted by Gasteiger charge is 2.23. The van der Waals surface area contributed by atoms with E-state index in [2.05, 4.69) is 49.2 Å². The summed E-state index contributed by atoms with van der Waals surface area (Å²) in [4.78, 5) is 2.62. The van der Waals surface area contributed by atoms with Crippen LogP contribution in [0, 0.1) is 0 Å². The second-order valence-corrected chi connectivity index (χ2v) is 7.10. The van der Waals surface area contributed by atoms with E-state index in [4.69, 9.17) is 4.74 Å². The topological polar surface area (TPSA) is 24.5 Å². The van der Waals surface area contributed by atoms with Crippen LogP contribution in [0.2, 0.25) is 0 Å². The van der Waals surface area contributed by atoms with Gasteiger partial charge in [-0.3, -0.25) is 4.90 Å². The molecule has 21 heavy (non-hydrogen) atoms. The van der Waals surface area contributed by atoms with Crippen molar-refractivity contribution < 1.29 is 4.74 Å². The van der Waals surface area contributed by atoms with Gasteiger partial charge in [-0.05, 0) is 57.9 Å². The van der Waals surface area contributed by atoms with Gasteiger partial charge in [-0.2, -0.15) is 0 Å². The second kappa shape index (κ2) is 7.28. The summed E-state index contributed by atoms with van der Waals surface area (Å²) in [6, 6.07) is 9.09. The molecule has 1 saturated heterocycles. The van der Waals surface area contributed by atoms with Crippen molar-refractivity contribution in [3.05, 3.63) is 29.8 Å². The lowest BCUT2D eigenvalue weighted by Crippen LogP contribution is -2.49. The summed E-state index contributed by atoms with van der Waals surface area (Å²) in [5, 5.41) is 3.66. The van der Waals surface area contributed by atoms with Crippen LogP contribution in [0.15, 0.2) is 24.3 Å². The van der Waals surface area contributed by atoms with Crippen molar-refractivity contribution in [3.63, 3.8) is 0 Å². The molecular formula is C18H30N2O. The molecule has 3 nitrogen and oxygen atoms in total. The smallest absolute Gasteiger partial charge is 0.119 e. The van der Waals surface area contributed by atoms with Gasteiger partial charge in [-0.25, -0.2) is 0 Å². The normalized spacial score (nSPS) is 20.5. The Balaban J connectivity index is 1.97. The third-order valence-corrected chi connectivity index (χ3v) is 4.14. The molecule has 1 aliphatic rings. The third-order valence-electron chi connectivity index (χ3n) is 4.14. The van der Waals surface area contributed by atoms with E-state index in [1.165, 1.54) is 31.4 Å². The van der Waals surface area contributed by atoms with Crippen LogP contribution in [0.1, 0.15) is 45.6 Å². The first-order chi connectivity index (χ1) is 9.98. The van der Waals surface area contributed by atoms with E-state index in [0.29, 0.717) is 6.04 Å². The van der Waals surface area contributed by atoms with Gasteiger partial charge in [0.15, 0.2) is 0 Å². The van der Waals surface area contributed by atoms with Gasteiger partial charge in [-0.1, -0.05) is 18.6 Å². The van der Waals surface area contributed by atoms with E-state index in [1.807, 2.05) is 6.07 Å². The molecule has 1 heterocycles. The molecule has 0 aromatic heterocycles. The van der Waals surface area contributed by atoms with Gasteiger partial charge in [0, 0.05) is 24.7 Å². The number of methoxy groups -OCH3 is 1. The zero-order valence-corrected chi connectivity index (χ0v) is 14.0. The van der Waals surface area contributed by atoms with Crippen molar-refractivity contribution in [1.29, 1.82) is 0 Å². The van der Waals surface area contributed by atoms with Crippen LogP contribution in [0.25, 0.3) is 0 Å². The number of hydrogen-bond acceptors (Lipinski definition) is 3. The van der Waals surface area contributed by atoms with Crippen molar-refractivity contribution in [3.8, 4) is 5.75 Å². The average molecular weight is 290 g/mol. The van der Waals surface area contributed by atoms with Gasteiger partial charge in [0.1, 0.15) is 5.75 Å². The van der Waals surface area contributed by atoms with Crippen LogP contribution in [-0.2, 0) is 6.54 Å². The first kappa shape index (κ1) is 16.3. The monoisotopic (exact) mass is 290 g/mol. The first-order valence-corrected chi connectivity index (χ1v) is 8.10. The summed E-state index contributed by atoms with van der Waals surface area (Å²) >= 11 is 0. The minimum absolute atomic E-state index is 0.194. The van der Waals surface area contributed by atoms with E-state index in [9.17, 15) is 0 Å². The molecule has 118 valence electrons. The van der Waals surface area contributed by atoms with Gasteiger partial charge in [0.25, 0.3) is 0 Å². The number of hydrogen-bond donors (Lipinski definition) is 1. The Labute approximate surface area is 129 Å². The molecule has 0 aliphatic carbocycles. The first-order valence-electron chi connectivity index (χ1n) is 8.10. The second-order valence-electron chi connectivity index (χ2n) is 7.10. The molecule has 1 N–H and O–H groups in total. The maximum Gasteiger partial charge on any atom is 0.119 e. The summed E-state index contributed by atoms with van der Waals surface area (Å²) in [5.74, 6) is 0.953. The molecule has 0 saturated carbocycles. The Morgan fingerprint density at radius 2 is 2.10 bits per heavy atom. The fourth-order valence-corrected chi connectivity index (χ4v) is 2.93. The number of piperidine rings is 1. The van der Waals surface area contributed by atoms with Crippen molar-refractivity contribution >= 4 is 0 Å². The van der Waals surface area contributed by atoms with E-state index in [0.717, 1.165) is 18.8 Å². The van der Waals surface area contributed by atoms with Crippen molar-refractivity contribution in [2.75, 3.05) is 20.2 Å². The number of ether oxygens (including phenoxy) is 1. The SMILES string of the molecule is COc1cccc(CN2CCCCC2CNC(C)(C)C)c1. The quantitative estimate of drug-likeness (QED) is 0.899. The van der Waals surface area contributed by atoms with Gasteiger partial charge in [0.2, 0.25) is 0 Å². The molecule has 1 aromatic rings. The fraction of sp³-hybridized carbons (Fsp3) is 0.667. The Kier molecular flexibility index (Phi) is 5.65. The van der Waals surface area contributed by atoms with Gasteiger partial charge in [0.05, 0.1) is 7.11 Å². The van der Waals surface area contributed by atoms with Crippen molar-refractivity contribution in [1.82, 2.24) is 10.2 Å². The lowest BCUT2D eigenvalue weighted by molar-refractivity contribution is 0.131. The number of benzene rings is 1. The van der Waals surface area contributed by atoms with Crippen molar-refractivity contribution in [2.45, 2.75) is 58.2 Å². The maximum atomic E-state index is 5.33. The van der Waals surface area contributed by atoms with Gasteiger partial charge in [-0.15, -0.1) is 0 Å². The number of likely N-dealkylation sites (tertiary alicyclic amines) is 1. The molecule has 3 heteroatoms. The molecule has 2 rings (SSSR count). The molecule has 1 unspecified atom stereocenters. The predicted molar refractivity (Wildman–Crippen MR) is 88.8 cm³/mol. The summed E-state index contributed by atoms with van der Waals surface area (Å²) in [7, 11) is 1.73. The molecule has 0 bridgehead atoms. The minimum Gasteiger partial charge on any atom is -0.497 e. The van der Waals surface area contributed by atoms with Crippen LogP contribution in [-0.4, -0.2) is 36.7 Å². The Bertz CT molecular complexity index is 439. The van der Waals surface area contributed by atoms with Crippen LogP contribution in [0.5, 0.6) is 5.75 Å². The van der Waals surface area contributed by atoms with Crippen molar-refractivity contribution in [2.24, 2.45) is 0 Å². The van der Waals surface area contributed by atoms with Crippen LogP contribution >= 0.6 is 0 Å². The van der Waals surface area contributed by atoms with Crippen LogP contribution in [0.4, 0.5) is 0 Å². The molecule has 0 radical (unpaired) electrons. The molecule has 0 spiro atoms. The zero-order chi connectivity index (χ0) is 15.3. The van der Waals surface area contributed by atoms with E-state index in [1.54, 1.807) is 7.11 Å². The predicted octanol–water partition coefficient (Wildman–Crippen LogP) is 3.44. The largest absolute Gasteiger partial charge is 0.497 e. The molecule has 0 amide bonds. The highest BCUT2D eigenvalue weighted by Crippen LogP contribution is 2.21. The average Bonchev–Trinajstić information content (AvgIpc) is 2.46. The Morgan fingerprint density at radius 3 is 2.81 bits per heavy atom. The number of nitrogens with one attached hydrogen (secondary N) is 1. The third kappa shape index (κ3) is 5.33. The highest BCUT2D eigenvalue weighted by molar-refractivity contribution is 5.28. The minimum atomic E-state index is 0.194. The standard InChI is InChI=1S/C18H30N2O/c1-18(2,3)19-13-16-9-5-6-11-20(16)14-15-8-7-10-17(12-15)21-4/h7-8,10,12,16,19H,5-6,9,11,13-14H2,1-4H3. The molecular weight excluding hydrogens is 260 g/mol. The summed E-state index contributed by atoms with van der Waals surface area (Å²) in [5.41, 5.74) is 1.54. The summed E-state index contributed by atoms with van der Waals surface area (Å²) in [6.45, 7) is 10.0.